The van der Waals surface area contributed by atoms with Crippen LogP contribution in [0.4, 0.5) is 5.69 Å². The molecule has 0 fully saturated rings. The summed E-state index contributed by atoms with van der Waals surface area (Å²) in [5.41, 5.74) is 4.06. The summed E-state index contributed by atoms with van der Waals surface area (Å²) in [7, 11) is 5.03. The van der Waals surface area contributed by atoms with Crippen LogP contribution in [0.15, 0.2) is 54.6 Å². The SMILES string of the molecule is COc1cccc(NC(=O)c2cc(-c3cccc(OC)c3)nc3c2c(C)nn3C)c1. The monoisotopic (exact) mass is 402 g/mol. The fourth-order valence-corrected chi connectivity index (χ4v) is 3.45. The van der Waals surface area contributed by atoms with Gasteiger partial charge in [0, 0.05) is 24.4 Å². The smallest absolute Gasteiger partial charge is 0.256 e. The van der Waals surface area contributed by atoms with E-state index in [4.69, 9.17) is 14.5 Å². The normalized spacial score (nSPS) is 10.8. The van der Waals surface area contributed by atoms with E-state index in [0.717, 1.165) is 22.4 Å². The third kappa shape index (κ3) is 3.57. The van der Waals surface area contributed by atoms with Crippen LogP contribution in [0.1, 0.15) is 16.1 Å². The molecule has 1 N–H and O–H groups in total. The first-order chi connectivity index (χ1) is 14.5. The van der Waals surface area contributed by atoms with Crippen LogP contribution < -0.4 is 14.8 Å². The van der Waals surface area contributed by atoms with Crippen molar-refractivity contribution in [2.24, 2.45) is 7.05 Å². The van der Waals surface area contributed by atoms with Gasteiger partial charge in [-0.1, -0.05) is 18.2 Å². The Hall–Kier alpha value is -3.87. The molecule has 0 aliphatic rings. The van der Waals surface area contributed by atoms with Crippen molar-refractivity contribution in [2.45, 2.75) is 6.92 Å². The number of anilines is 1. The van der Waals surface area contributed by atoms with Crippen molar-refractivity contribution in [2.75, 3.05) is 19.5 Å². The number of ether oxygens (including phenoxy) is 2. The van der Waals surface area contributed by atoms with Crippen molar-refractivity contribution in [1.82, 2.24) is 14.8 Å². The van der Waals surface area contributed by atoms with Crippen molar-refractivity contribution in [1.29, 1.82) is 0 Å². The van der Waals surface area contributed by atoms with Crippen LogP contribution in [0.25, 0.3) is 22.3 Å². The summed E-state index contributed by atoms with van der Waals surface area (Å²) in [5, 5.41) is 8.15. The van der Waals surface area contributed by atoms with Crippen LogP contribution in [0.2, 0.25) is 0 Å². The number of nitrogens with zero attached hydrogens (tertiary/aromatic N) is 3. The van der Waals surface area contributed by atoms with Gasteiger partial charge in [-0.3, -0.25) is 9.48 Å². The molecule has 0 aliphatic heterocycles. The van der Waals surface area contributed by atoms with E-state index < -0.39 is 0 Å². The van der Waals surface area contributed by atoms with Gasteiger partial charge in [0.25, 0.3) is 5.91 Å². The molecular formula is C23H22N4O3. The number of hydrogen-bond acceptors (Lipinski definition) is 5. The Morgan fingerprint density at radius 3 is 2.43 bits per heavy atom. The van der Waals surface area contributed by atoms with Crippen molar-refractivity contribution in [3.05, 3.63) is 65.9 Å². The topological polar surface area (TPSA) is 78.3 Å². The van der Waals surface area contributed by atoms with Crippen LogP contribution in [-0.2, 0) is 7.05 Å². The average molecular weight is 402 g/mol. The molecule has 152 valence electrons. The van der Waals surface area contributed by atoms with Gasteiger partial charge in [-0.25, -0.2) is 4.98 Å². The molecule has 1 amide bonds. The Labute approximate surface area is 174 Å². The highest BCUT2D eigenvalue weighted by Gasteiger charge is 2.19. The molecule has 0 bridgehead atoms. The molecule has 2 heterocycles. The first kappa shape index (κ1) is 19.4. The molecule has 4 aromatic rings. The molecule has 0 radical (unpaired) electrons. The standard InChI is InChI=1S/C23H22N4O3/c1-14-21-19(23(28)24-16-8-6-10-18(12-16)30-4)13-20(25-22(21)27(2)26-14)15-7-5-9-17(11-15)29-3/h5-13H,1-4H3,(H,24,28). The van der Waals surface area contributed by atoms with Gasteiger partial charge < -0.3 is 14.8 Å². The van der Waals surface area contributed by atoms with Crippen molar-refractivity contribution in [3.63, 3.8) is 0 Å². The molecular weight excluding hydrogens is 380 g/mol. The first-order valence-corrected chi connectivity index (χ1v) is 9.44. The molecule has 0 saturated carbocycles. The summed E-state index contributed by atoms with van der Waals surface area (Å²) < 4.78 is 12.3. The highest BCUT2D eigenvalue weighted by atomic mass is 16.5. The number of aryl methyl sites for hydroxylation is 2. The highest BCUT2D eigenvalue weighted by Crippen LogP contribution is 2.29. The molecule has 7 heteroatoms. The zero-order valence-electron chi connectivity index (χ0n) is 17.3. The fraction of sp³-hybridized carbons (Fsp3) is 0.174. The van der Waals surface area contributed by atoms with E-state index in [-0.39, 0.29) is 5.91 Å². The minimum atomic E-state index is -0.240. The number of aromatic nitrogens is 3. The molecule has 2 aromatic carbocycles. The number of fused-ring (bicyclic) bond motifs is 1. The number of benzene rings is 2. The predicted molar refractivity (Wildman–Crippen MR) is 116 cm³/mol. The Kier molecular flexibility index (Phi) is 5.10. The van der Waals surface area contributed by atoms with Gasteiger partial charge >= 0.3 is 0 Å². The number of carbonyl (C=O) groups is 1. The number of hydrogen-bond donors (Lipinski definition) is 1. The van der Waals surface area contributed by atoms with E-state index in [1.54, 1.807) is 31.0 Å². The molecule has 0 spiro atoms. The molecule has 0 aliphatic carbocycles. The predicted octanol–water partition coefficient (Wildman–Crippen LogP) is 4.21. The van der Waals surface area contributed by atoms with Crippen LogP contribution in [0.5, 0.6) is 11.5 Å². The lowest BCUT2D eigenvalue weighted by molar-refractivity contribution is 0.102. The maximum Gasteiger partial charge on any atom is 0.256 e. The number of methoxy groups -OCH3 is 2. The van der Waals surface area contributed by atoms with E-state index >= 15 is 0 Å². The number of pyridine rings is 1. The van der Waals surface area contributed by atoms with E-state index in [1.165, 1.54) is 0 Å². The molecule has 7 nitrogen and oxygen atoms in total. The van der Waals surface area contributed by atoms with E-state index in [1.807, 2.05) is 56.4 Å². The lowest BCUT2D eigenvalue weighted by Gasteiger charge is -2.11. The molecule has 2 aromatic heterocycles. The second-order valence-electron chi connectivity index (χ2n) is 6.88. The van der Waals surface area contributed by atoms with Gasteiger partial charge in [-0.05, 0) is 37.3 Å². The summed E-state index contributed by atoms with van der Waals surface area (Å²) in [5.74, 6) is 1.15. The number of rotatable bonds is 5. The summed E-state index contributed by atoms with van der Waals surface area (Å²) in [4.78, 5) is 18.0. The molecule has 30 heavy (non-hydrogen) atoms. The van der Waals surface area contributed by atoms with E-state index in [2.05, 4.69) is 10.4 Å². The van der Waals surface area contributed by atoms with Gasteiger partial charge in [0.05, 0.1) is 36.6 Å². The van der Waals surface area contributed by atoms with Crippen LogP contribution in [0.3, 0.4) is 0 Å². The van der Waals surface area contributed by atoms with Gasteiger partial charge in [0.15, 0.2) is 5.65 Å². The van der Waals surface area contributed by atoms with E-state index in [9.17, 15) is 4.79 Å². The maximum atomic E-state index is 13.3. The van der Waals surface area contributed by atoms with Crippen LogP contribution >= 0.6 is 0 Å². The summed E-state index contributed by atoms with van der Waals surface area (Å²) in [6, 6.07) is 16.6. The van der Waals surface area contributed by atoms with Gasteiger partial charge in [-0.15, -0.1) is 0 Å². The summed E-state index contributed by atoms with van der Waals surface area (Å²) >= 11 is 0. The molecule has 4 rings (SSSR count). The summed E-state index contributed by atoms with van der Waals surface area (Å²) in [6.45, 7) is 1.87. The van der Waals surface area contributed by atoms with Crippen molar-refractivity contribution < 1.29 is 14.3 Å². The number of amides is 1. The Balaban J connectivity index is 1.83. The van der Waals surface area contributed by atoms with Crippen LogP contribution in [-0.4, -0.2) is 34.9 Å². The average Bonchev–Trinajstić information content (AvgIpc) is 3.06. The number of carbonyl (C=O) groups excluding carboxylic acids is 1. The molecule has 0 unspecified atom stereocenters. The van der Waals surface area contributed by atoms with Crippen molar-refractivity contribution in [3.8, 4) is 22.8 Å². The second-order valence-corrected chi connectivity index (χ2v) is 6.88. The first-order valence-electron chi connectivity index (χ1n) is 9.44. The Morgan fingerprint density at radius 1 is 1.00 bits per heavy atom. The quantitative estimate of drug-likeness (QED) is 0.541. The number of nitrogens with one attached hydrogen (secondary N) is 1. The highest BCUT2D eigenvalue weighted by molar-refractivity contribution is 6.13. The zero-order valence-corrected chi connectivity index (χ0v) is 17.3. The van der Waals surface area contributed by atoms with Crippen molar-refractivity contribution >= 4 is 22.6 Å². The largest absolute Gasteiger partial charge is 0.497 e. The Bertz CT molecular complexity index is 1250. The Morgan fingerprint density at radius 2 is 1.70 bits per heavy atom. The van der Waals surface area contributed by atoms with E-state index in [0.29, 0.717) is 28.3 Å². The second kappa shape index (κ2) is 7.87. The minimum Gasteiger partial charge on any atom is -0.497 e. The van der Waals surface area contributed by atoms with Gasteiger partial charge in [0.2, 0.25) is 0 Å². The minimum absolute atomic E-state index is 0.240. The lowest BCUT2D eigenvalue weighted by Crippen LogP contribution is -2.13. The van der Waals surface area contributed by atoms with Gasteiger partial charge in [0.1, 0.15) is 11.5 Å². The zero-order chi connectivity index (χ0) is 21.3. The third-order valence-corrected chi connectivity index (χ3v) is 4.91. The lowest BCUT2D eigenvalue weighted by atomic mass is 10.0. The van der Waals surface area contributed by atoms with Gasteiger partial charge in [-0.2, -0.15) is 5.10 Å². The summed E-state index contributed by atoms with van der Waals surface area (Å²) in [6.07, 6.45) is 0. The third-order valence-electron chi connectivity index (χ3n) is 4.91. The fourth-order valence-electron chi connectivity index (χ4n) is 3.45. The molecule has 0 atom stereocenters. The molecule has 0 saturated heterocycles. The van der Waals surface area contributed by atoms with Crippen LogP contribution in [0, 0.1) is 6.92 Å². The maximum absolute atomic E-state index is 13.3.